The van der Waals surface area contributed by atoms with Crippen molar-refractivity contribution in [2.45, 2.75) is 12.3 Å². The molecule has 1 N–H and O–H groups in total. The molecule has 1 aliphatic heterocycles. The number of carbonyl (C=O) groups is 2. The second kappa shape index (κ2) is 6.99. The molecule has 1 atom stereocenters. The molecule has 2 aromatic carbocycles. The largest absolute Gasteiger partial charge is 0.407 e. The van der Waals surface area contributed by atoms with Crippen LogP contribution in [0.2, 0.25) is 0 Å². The maximum atomic E-state index is 12.9. The summed E-state index contributed by atoms with van der Waals surface area (Å²) in [6.45, 7) is 0.427. The Kier molecular flexibility index (Phi) is 4.37. The van der Waals surface area contributed by atoms with Crippen LogP contribution in [0.4, 0.5) is 16.1 Å². The smallest absolute Gasteiger partial charge is 0.322 e. The standard InChI is InChI=1S/C19H15FN4O3/c20-14-8-6-12(7-9-14)17(26)21-19-23-22-18(27-19)13-10-16(25)24(11-13)15-4-2-1-3-5-15/h1-9,13H,10-11H2,(H,21,23,26). The third kappa shape index (κ3) is 3.55. The summed E-state index contributed by atoms with van der Waals surface area (Å²) in [5, 5.41) is 10.2. The van der Waals surface area contributed by atoms with E-state index in [0.29, 0.717) is 6.54 Å². The zero-order valence-electron chi connectivity index (χ0n) is 14.1. The molecule has 2 amide bonds. The van der Waals surface area contributed by atoms with E-state index in [1.54, 1.807) is 4.90 Å². The molecule has 0 aliphatic carbocycles. The number of carbonyl (C=O) groups excluding carboxylic acids is 2. The number of hydrogen-bond donors (Lipinski definition) is 1. The predicted octanol–water partition coefficient (Wildman–Crippen LogP) is 2.98. The lowest BCUT2D eigenvalue weighted by molar-refractivity contribution is -0.117. The monoisotopic (exact) mass is 366 g/mol. The summed E-state index contributed by atoms with van der Waals surface area (Å²) in [7, 11) is 0. The number of rotatable bonds is 4. The van der Waals surface area contributed by atoms with Gasteiger partial charge in [0.25, 0.3) is 5.91 Å². The Morgan fingerprint density at radius 1 is 1.11 bits per heavy atom. The van der Waals surface area contributed by atoms with Crippen molar-refractivity contribution in [3.63, 3.8) is 0 Å². The van der Waals surface area contributed by atoms with Gasteiger partial charge >= 0.3 is 6.01 Å². The molecule has 0 spiro atoms. The van der Waals surface area contributed by atoms with Crippen molar-refractivity contribution in [3.05, 3.63) is 71.9 Å². The Morgan fingerprint density at radius 3 is 2.59 bits per heavy atom. The van der Waals surface area contributed by atoms with Gasteiger partial charge in [0.15, 0.2) is 0 Å². The summed E-state index contributed by atoms with van der Waals surface area (Å²) in [6, 6.07) is 14.4. The Labute approximate surface area is 153 Å². The third-order valence-electron chi connectivity index (χ3n) is 4.31. The SMILES string of the molecule is O=C(Nc1nnc(C2CC(=O)N(c3ccccc3)C2)o1)c1ccc(F)cc1. The van der Waals surface area contributed by atoms with E-state index in [1.807, 2.05) is 30.3 Å². The molecular formula is C19H15FN4O3. The highest BCUT2D eigenvalue weighted by molar-refractivity contribution is 6.03. The van der Waals surface area contributed by atoms with Crippen LogP contribution in [0.1, 0.15) is 28.6 Å². The Hall–Kier alpha value is -3.55. The van der Waals surface area contributed by atoms with E-state index in [1.165, 1.54) is 24.3 Å². The van der Waals surface area contributed by atoms with Crippen LogP contribution in [0, 0.1) is 5.82 Å². The average Bonchev–Trinajstić information content (AvgIpc) is 3.29. The van der Waals surface area contributed by atoms with Gasteiger partial charge in [0.2, 0.25) is 11.8 Å². The van der Waals surface area contributed by atoms with Crippen molar-refractivity contribution in [2.75, 3.05) is 16.8 Å². The highest BCUT2D eigenvalue weighted by Crippen LogP contribution is 2.31. The van der Waals surface area contributed by atoms with Crippen molar-refractivity contribution in [2.24, 2.45) is 0 Å². The zero-order chi connectivity index (χ0) is 18.8. The van der Waals surface area contributed by atoms with E-state index in [0.717, 1.165) is 5.69 Å². The molecule has 7 nitrogen and oxygen atoms in total. The lowest BCUT2D eigenvalue weighted by Gasteiger charge is -2.15. The van der Waals surface area contributed by atoms with E-state index in [4.69, 9.17) is 4.42 Å². The van der Waals surface area contributed by atoms with E-state index in [9.17, 15) is 14.0 Å². The minimum atomic E-state index is -0.487. The van der Waals surface area contributed by atoms with Gasteiger partial charge in [-0.2, -0.15) is 0 Å². The van der Waals surface area contributed by atoms with Crippen molar-refractivity contribution >= 4 is 23.5 Å². The van der Waals surface area contributed by atoms with Crippen LogP contribution in [-0.4, -0.2) is 28.6 Å². The van der Waals surface area contributed by atoms with Gasteiger partial charge in [-0.05, 0) is 36.4 Å². The molecule has 0 radical (unpaired) electrons. The van der Waals surface area contributed by atoms with Crippen LogP contribution >= 0.6 is 0 Å². The summed E-state index contributed by atoms with van der Waals surface area (Å²) in [5.74, 6) is -0.904. The molecule has 1 aliphatic rings. The summed E-state index contributed by atoms with van der Waals surface area (Å²) in [6.07, 6.45) is 0.252. The minimum absolute atomic E-state index is 0.0266. The molecule has 1 saturated heterocycles. The molecule has 1 aromatic heterocycles. The first-order chi connectivity index (χ1) is 13.1. The lowest BCUT2D eigenvalue weighted by Crippen LogP contribution is -2.24. The van der Waals surface area contributed by atoms with Gasteiger partial charge in [-0.15, -0.1) is 5.10 Å². The zero-order valence-corrected chi connectivity index (χ0v) is 14.1. The number of nitrogens with one attached hydrogen (secondary N) is 1. The molecular weight excluding hydrogens is 351 g/mol. The van der Waals surface area contributed by atoms with Crippen LogP contribution in [0.3, 0.4) is 0 Å². The Bertz CT molecular complexity index is 972. The van der Waals surface area contributed by atoms with Gasteiger partial charge in [0, 0.05) is 24.2 Å². The number of hydrogen-bond acceptors (Lipinski definition) is 5. The molecule has 8 heteroatoms. The molecule has 4 rings (SSSR count). The molecule has 27 heavy (non-hydrogen) atoms. The van der Waals surface area contributed by atoms with E-state index < -0.39 is 11.7 Å². The number of anilines is 2. The van der Waals surface area contributed by atoms with Crippen molar-refractivity contribution in [3.8, 4) is 0 Å². The number of halogens is 1. The van der Waals surface area contributed by atoms with Crippen LogP contribution in [0.15, 0.2) is 59.0 Å². The van der Waals surface area contributed by atoms with Crippen LogP contribution < -0.4 is 10.2 Å². The molecule has 0 bridgehead atoms. The van der Waals surface area contributed by atoms with Crippen LogP contribution in [0.25, 0.3) is 0 Å². The maximum Gasteiger partial charge on any atom is 0.322 e. The van der Waals surface area contributed by atoms with Crippen molar-refractivity contribution in [1.29, 1.82) is 0 Å². The summed E-state index contributed by atoms with van der Waals surface area (Å²) in [4.78, 5) is 26.1. The summed E-state index contributed by atoms with van der Waals surface area (Å²) in [5.41, 5.74) is 1.08. The predicted molar refractivity (Wildman–Crippen MR) is 94.8 cm³/mol. The van der Waals surface area contributed by atoms with E-state index >= 15 is 0 Å². The Balaban J connectivity index is 1.44. The molecule has 0 saturated carbocycles. The highest BCUT2D eigenvalue weighted by Gasteiger charge is 2.35. The van der Waals surface area contributed by atoms with Crippen LogP contribution in [-0.2, 0) is 4.79 Å². The van der Waals surface area contributed by atoms with Gasteiger partial charge in [-0.3, -0.25) is 14.9 Å². The van der Waals surface area contributed by atoms with Gasteiger partial charge in [0.1, 0.15) is 5.82 Å². The lowest BCUT2D eigenvalue weighted by atomic mass is 10.1. The number of para-hydroxylation sites is 1. The molecule has 136 valence electrons. The third-order valence-corrected chi connectivity index (χ3v) is 4.31. The summed E-state index contributed by atoms with van der Waals surface area (Å²) < 4.78 is 18.4. The molecule has 2 heterocycles. The first-order valence-electron chi connectivity index (χ1n) is 8.36. The van der Waals surface area contributed by atoms with E-state index in [-0.39, 0.29) is 35.7 Å². The fourth-order valence-corrected chi connectivity index (χ4v) is 2.95. The van der Waals surface area contributed by atoms with E-state index in [2.05, 4.69) is 15.5 Å². The number of nitrogens with zero attached hydrogens (tertiary/aromatic N) is 3. The molecule has 1 fully saturated rings. The van der Waals surface area contributed by atoms with Crippen molar-refractivity contribution < 1.29 is 18.4 Å². The fourth-order valence-electron chi connectivity index (χ4n) is 2.95. The number of aromatic nitrogens is 2. The minimum Gasteiger partial charge on any atom is -0.407 e. The summed E-state index contributed by atoms with van der Waals surface area (Å²) >= 11 is 0. The average molecular weight is 366 g/mol. The molecule has 1 unspecified atom stereocenters. The maximum absolute atomic E-state index is 12.9. The second-order valence-electron chi connectivity index (χ2n) is 6.15. The quantitative estimate of drug-likeness (QED) is 0.767. The second-order valence-corrected chi connectivity index (χ2v) is 6.15. The van der Waals surface area contributed by atoms with Gasteiger partial charge in [-0.1, -0.05) is 23.3 Å². The fraction of sp³-hybridized carbons (Fsp3) is 0.158. The Morgan fingerprint density at radius 2 is 1.85 bits per heavy atom. The number of benzene rings is 2. The van der Waals surface area contributed by atoms with Crippen LogP contribution in [0.5, 0.6) is 0 Å². The van der Waals surface area contributed by atoms with Gasteiger partial charge < -0.3 is 9.32 Å². The van der Waals surface area contributed by atoms with Gasteiger partial charge in [-0.25, -0.2) is 4.39 Å². The normalized spacial score (nSPS) is 16.6. The topological polar surface area (TPSA) is 88.3 Å². The molecule has 3 aromatic rings. The first kappa shape index (κ1) is 16.9. The van der Waals surface area contributed by atoms with Gasteiger partial charge in [0.05, 0.1) is 5.92 Å². The highest BCUT2D eigenvalue weighted by atomic mass is 19.1. The van der Waals surface area contributed by atoms with Crippen molar-refractivity contribution in [1.82, 2.24) is 10.2 Å². The number of amides is 2. The first-order valence-corrected chi connectivity index (χ1v) is 8.36.